The van der Waals surface area contributed by atoms with Crippen LogP contribution in [-0.4, -0.2) is 55.1 Å². The first-order valence-corrected chi connectivity index (χ1v) is 13.4. The summed E-state index contributed by atoms with van der Waals surface area (Å²) in [5.74, 6) is -2.20. The minimum Gasteiger partial charge on any atom is -0.424 e. The second kappa shape index (κ2) is 12.1. The van der Waals surface area contributed by atoms with Gasteiger partial charge in [0.1, 0.15) is 17.6 Å². The highest BCUT2D eigenvalue weighted by Crippen LogP contribution is 2.37. The van der Waals surface area contributed by atoms with Crippen LogP contribution in [0.5, 0.6) is 5.75 Å². The number of phosphoric ester groups is 1. The fraction of sp³-hybridized carbons (Fsp3) is 0.120. The molecule has 0 bridgehead atoms. The number of phosphoric acid groups is 1. The third kappa shape index (κ3) is 7.06. The van der Waals surface area contributed by atoms with Crippen LogP contribution in [0.3, 0.4) is 0 Å². The van der Waals surface area contributed by atoms with E-state index in [2.05, 4.69) is 19.9 Å². The summed E-state index contributed by atoms with van der Waals surface area (Å²) >= 11 is 0. The SMILES string of the molecule is Cc1ccc(C(N)=O)cc1Nc1ncnn2cc(C(=O)NC(=O)OCOC(=O)c3ccc(OP(=O)(O)O)cc3)c(C)c12. The molecule has 218 valence electrons. The van der Waals surface area contributed by atoms with Gasteiger partial charge in [0.15, 0.2) is 5.82 Å². The summed E-state index contributed by atoms with van der Waals surface area (Å²) in [5.41, 5.74) is 7.92. The molecule has 0 saturated heterocycles. The molecule has 42 heavy (non-hydrogen) atoms. The number of amides is 3. The maximum absolute atomic E-state index is 12.8. The number of carbonyl (C=O) groups is 4. The molecule has 0 atom stereocenters. The lowest BCUT2D eigenvalue weighted by Crippen LogP contribution is -2.32. The standard InChI is InChI=1S/C25H23N6O10P/c1-13-3-4-16(21(26)32)9-19(13)29-22-20-14(2)18(10-31(20)28-11-27-22)23(33)30-25(35)40-12-39-24(34)15-5-7-17(8-6-15)41-42(36,37)38/h3-11H,12H2,1-2H3,(H2,26,32)(H,27,28,29)(H,30,33,35)(H2,36,37,38). The molecule has 3 amide bonds. The molecule has 0 aliphatic rings. The van der Waals surface area contributed by atoms with Crippen molar-refractivity contribution in [3.8, 4) is 5.75 Å². The largest absolute Gasteiger partial charge is 0.524 e. The Labute approximate surface area is 236 Å². The van der Waals surface area contributed by atoms with Crippen LogP contribution in [0.2, 0.25) is 0 Å². The Hall–Kier alpha value is -5.31. The molecule has 6 N–H and O–H groups in total. The van der Waals surface area contributed by atoms with Crippen LogP contribution in [-0.2, 0) is 14.0 Å². The van der Waals surface area contributed by atoms with Crippen molar-refractivity contribution in [2.45, 2.75) is 13.8 Å². The van der Waals surface area contributed by atoms with E-state index in [1.807, 2.05) is 12.2 Å². The number of esters is 1. The van der Waals surface area contributed by atoms with E-state index < -0.39 is 38.5 Å². The summed E-state index contributed by atoms with van der Waals surface area (Å²) in [4.78, 5) is 70.5. The topological polar surface area (TPSA) is 234 Å². The number of alkyl carbamates (subject to hydrolysis) is 1. The number of hydrogen-bond donors (Lipinski definition) is 5. The molecule has 0 unspecified atom stereocenters. The Morgan fingerprint density at radius 3 is 2.38 bits per heavy atom. The number of carbonyl (C=O) groups excluding carboxylic acids is 4. The van der Waals surface area contributed by atoms with Gasteiger partial charge >= 0.3 is 19.9 Å². The molecular formula is C25H23N6O10P. The van der Waals surface area contributed by atoms with Crippen molar-refractivity contribution in [1.82, 2.24) is 19.9 Å². The average Bonchev–Trinajstić information content (AvgIpc) is 3.26. The minimum atomic E-state index is -4.76. The number of anilines is 2. The number of rotatable bonds is 9. The van der Waals surface area contributed by atoms with Crippen molar-refractivity contribution in [3.05, 3.63) is 82.8 Å². The number of imide groups is 1. The number of ether oxygens (including phenoxy) is 2. The Bertz CT molecular complexity index is 1750. The number of nitrogens with zero attached hydrogens (tertiary/aromatic N) is 3. The summed E-state index contributed by atoms with van der Waals surface area (Å²) in [6.45, 7) is 2.60. The van der Waals surface area contributed by atoms with Crippen molar-refractivity contribution >= 4 is 48.7 Å². The summed E-state index contributed by atoms with van der Waals surface area (Å²) < 4.78 is 26.2. The van der Waals surface area contributed by atoms with Crippen LogP contribution in [0.15, 0.2) is 55.0 Å². The van der Waals surface area contributed by atoms with Crippen molar-refractivity contribution in [2.75, 3.05) is 12.1 Å². The third-order valence-electron chi connectivity index (χ3n) is 5.76. The molecule has 0 fully saturated rings. The average molecular weight is 598 g/mol. The Morgan fingerprint density at radius 1 is 1.02 bits per heavy atom. The number of aromatic nitrogens is 3. The van der Waals surface area contributed by atoms with E-state index in [4.69, 9.17) is 25.0 Å². The van der Waals surface area contributed by atoms with Crippen LogP contribution in [0.25, 0.3) is 5.52 Å². The lowest BCUT2D eigenvalue weighted by Gasteiger charge is -2.11. The number of hydrogen-bond acceptors (Lipinski definition) is 11. The number of aryl methyl sites for hydroxylation is 2. The Kier molecular flexibility index (Phi) is 8.51. The van der Waals surface area contributed by atoms with E-state index in [1.165, 1.54) is 29.2 Å². The lowest BCUT2D eigenvalue weighted by atomic mass is 10.1. The number of primary amides is 1. The summed E-state index contributed by atoms with van der Waals surface area (Å²) in [7, 11) is -4.76. The molecule has 0 spiro atoms. The number of fused-ring (bicyclic) bond motifs is 1. The third-order valence-corrected chi connectivity index (χ3v) is 6.21. The highest BCUT2D eigenvalue weighted by atomic mass is 31.2. The normalized spacial score (nSPS) is 11.0. The Balaban J connectivity index is 1.38. The fourth-order valence-corrected chi connectivity index (χ4v) is 4.12. The molecule has 2 aromatic carbocycles. The molecule has 2 aromatic heterocycles. The highest BCUT2D eigenvalue weighted by Gasteiger charge is 2.21. The predicted octanol–water partition coefficient (Wildman–Crippen LogP) is 2.34. The van der Waals surface area contributed by atoms with Crippen molar-refractivity contribution in [1.29, 1.82) is 0 Å². The minimum absolute atomic E-state index is 0.0219. The molecule has 2 heterocycles. The number of nitrogens with two attached hydrogens (primary N) is 1. The highest BCUT2D eigenvalue weighted by molar-refractivity contribution is 7.46. The van der Waals surface area contributed by atoms with Gasteiger partial charge in [-0.25, -0.2) is 23.7 Å². The van der Waals surface area contributed by atoms with E-state index in [9.17, 15) is 23.7 Å². The lowest BCUT2D eigenvalue weighted by molar-refractivity contribution is -0.00187. The van der Waals surface area contributed by atoms with Gasteiger partial charge in [-0.05, 0) is 61.4 Å². The van der Waals surface area contributed by atoms with E-state index in [0.29, 0.717) is 22.6 Å². The van der Waals surface area contributed by atoms with Gasteiger partial charge in [0.05, 0.1) is 11.1 Å². The molecule has 0 aliphatic carbocycles. The summed E-state index contributed by atoms with van der Waals surface area (Å²) in [6, 6.07) is 9.51. The number of benzene rings is 2. The fourth-order valence-electron chi connectivity index (χ4n) is 3.72. The molecule has 0 aliphatic heterocycles. The molecule has 0 saturated carbocycles. The van der Waals surface area contributed by atoms with Crippen molar-refractivity contribution in [3.63, 3.8) is 0 Å². The first-order valence-electron chi connectivity index (χ1n) is 11.8. The molecule has 16 nitrogen and oxygen atoms in total. The van der Waals surface area contributed by atoms with Gasteiger partial charge in [0.2, 0.25) is 12.7 Å². The molecule has 4 rings (SSSR count). The van der Waals surface area contributed by atoms with Gasteiger partial charge in [-0.1, -0.05) is 6.07 Å². The number of nitrogens with one attached hydrogen (secondary N) is 2. The molecule has 17 heteroatoms. The van der Waals surface area contributed by atoms with E-state index in [0.717, 1.165) is 17.7 Å². The van der Waals surface area contributed by atoms with Gasteiger partial charge in [-0.15, -0.1) is 0 Å². The smallest absolute Gasteiger partial charge is 0.424 e. The monoisotopic (exact) mass is 598 g/mol. The zero-order valence-corrected chi connectivity index (χ0v) is 22.8. The van der Waals surface area contributed by atoms with Crippen LogP contribution < -0.4 is 20.9 Å². The molecular weight excluding hydrogens is 575 g/mol. The predicted molar refractivity (Wildman–Crippen MR) is 144 cm³/mol. The van der Waals surface area contributed by atoms with Gasteiger partial charge < -0.3 is 25.0 Å². The van der Waals surface area contributed by atoms with Crippen molar-refractivity contribution < 1.29 is 47.5 Å². The van der Waals surface area contributed by atoms with Gasteiger partial charge in [0.25, 0.3) is 5.91 Å². The van der Waals surface area contributed by atoms with E-state index >= 15 is 0 Å². The zero-order chi connectivity index (χ0) is 30.6. The van der Waals surface area contributed by atoms with Crippen molar-refractivity contribution in [2.24, 2.45) is 5.73 Å². The molecule has 0 radical (unpaired) electrons. The van der Waals surface area contributed by atoms with E-state index in [1.54, 1.807) is 25.1 Å². The first-order chi connectivity index (χ1) is 19.8. The maximum Gasteiger partial charge on any atom is 0.524 e. The second-order valence-corrected chi connectivity index (χ2v) is 9.79. The maximum atomic E-state index is 12.8. The van der Waals surface area contributed by atoms with Gasteiger partial charge in [-0.3, -0.25) is 24.7 Å². The van der Waals surface area contributed by atoms with Crippen LogP contribution in [0.1, 0.15) is 42.2 Å². The summed E-state index contributed by atoms with van der Waals surface area (Å²) in [5, 5.41) is 9.25. The molecule has 4 aromatic rings. The quantitative estimate of drug-likeness (QED) is 0.106. The zero-order valence-electron chi connectivity index (χ0n) is 21.9. The van der Waals surface area contributed by atoms with Crippen LogP contribution in [0, 0.1) is 13.8 Å². The summed E-state index contributed by atoms with van der Waals surface area (Å²) in [6.07, 6.45) is 1.44. The van der Waals surface area contributed by atoms with Gasteiger partial charge in [0, 0.05) is 17.4 Å². The Morgan fingerprint density at radius 2 is 1.71 bits per heavy atom. The van der Waals surface area contributed by atoms with Crippen LogP contribution >= 0.6 is 7.82 Å². The second-order valence-electron chi connectivity index (χ2n) is 8.63. The van der Waals surface area contributed by atoms with E-state index in [-0.39, 0.29) is 22.4 Å². The van der Waals surface area contributed by atoms with Gasteiger partial charge in [-0.2, -0.15) is 5.10 Å². The van der Waals surface area contributed by atoms with Crippen LogP contribution in [0.4, 0.5) is 16.3 Å². The first kappa shape index (κ1) is 29.7.